The molecule has 0 aromatic heterocycles. The van der Waals surface area contributed by atoms with E-state index < -0.39 is 5.54 Å². The van der Waals surface area contributed by atoms with Gasteiger partial charge in [-0.3, -0.25) is 10.1 Å². The lowest BCUT2D eigenvalue weighted by Gasteiger charge is -2.23. The monoisotopic (exact) mass is 295 g/mol. The Morgan fingerprint density at radius 2 is 1.90 bits per heavy atom. The first-order valence-electron chi connectivity index (χ1n) is 6.97. The van der Waals surface area contributed by atoms with Crippen molar-refractivity contribution in [1.29, 1.82) is 0 Å². The topological polar surface area (TPSA) is 56.8 Å². The molecule has 5 heteroatoms. The van der Waals surface area contributed by atoms with Gasteiger partial charge in [0.1, 0.15) is 5.54 Å². The highest BCUT2D eigenvalue weighted by Gasteiger charge is 2.27. The van der Waals surface area contributed by atoms with Crippen LogP contribution in [0.5, 0.6) is 11.5 Å². The Labute approximate surface area is 126 Å². The molecule has 1 aromatic carbocycles. The molecule has 1 rings (SSSR count). The molecule has 0 aliphatic carbocycles. The van der Waals surface area contributed by atoms with Gasteiger partial charge in [0.2, 0.25) is 0 Å². The van der Waals surface area contributed by atoms with Crippen molar-refractivity contribution < 1.29 is 19.0 Å². The summed E-state index contributed by atoms with van der Waals surface area (Å²) in [5.74, 6) is 1.09. The summed E-state index contributed by atoms with van der Waals surface area (Å²) in [6.07, 6.45) is 0.0844. The van der Waals surface area contributed by atoms with Crippen LogP contribution < -0.4 is 14.8 Å². The first kappa shape index (κ1) is 17.3. The average molecular weight is 295 g/mol. The molecule has 0 unspecified atom stereocenters. The van der Waals surface area contributed by atoms with E-state index in [9.17, 15) is 4.79 Å². The van der Waals surface area contributed by atoms with E-state index >= 15 is 0 Å². The van der Waals surface area contributed by atoms with Gasteiger partial charge in [0.05, 0.1) is 20.3 Å². The number of nitrogens with one attached hydrogen (secondary N) is 1. The highest BCUT2D eigenvalue weighted by atomic mass is 16.5. The summed E-state index contributed by atoms with van der Waals surface area (Å²) in [4.78, 5) is 11.6. The smallest absolute Gasteiger partial charge is 0.325 e. The second kappa shape index (κ2) is 7.31. The summed E-state index contributed by atoms with van der Waals surface area (Å²) in [5, 5.41) is 3.17. The Morgan fingerprint density at radius 3 is 2.43 bits per heavy atom. The Balaban J connectivity index is 2.79. The van der Waals surface area contributed by atoms with Crippen LogP contribution in [0.1, 0.15) is 33.3 Å². The predicted octanol–water partition coefficient (Wildman–Crippen LogP) is 2.52. The average Bonchev–Trinajstić information content (AvgIpc) is 2.44. The van der Waals surface area contributed by atoms with Gasteiger partial charge < -0.3 is 14.2 Å². The molecule has 0 fully saturated rings. The maximum absolute atomic E-state index is 11.6. The van der Waals surface area contributed by atoms with Crippen molar-refractivity contribution in [3.63, 3.8) is 0 Å². The quantitative estimate of drug-likeness (QED) is 0.783. The van der Waals surface area contributed by atoms with Crippen molar-refractivity contribution >= 4 is 5.97 Å². The number of esters is 1. The number of hydrogen-bond acceptors (Lipinski definition) is 5. The molecule has 0 radical (unpaired) electrons. The van der Waals surface area contributed by atoms with Crippen LogP contribution in [0.2, 0.25) is 0 Å². The molecular weight excluding hydrogens is 270 g/mol. The summed E-state index contributed by atoms with van der Waals surface area (Å²) < 4.78 is 15.8. The van der Waals surface area contributed by atoms with Gasteiger partial charge in [-0.15, -0.1) is 0 Å². The van der Waals surface area contributed by atoms with Crippen LogP contribution in [-0.4, -0.2) is 31.8 Å². The number of carbonyl (C=O) groups is 1. The largest absolute Gasteiger partial charge is 0.493 e. The summed E-state index contributed by atoms with van der Waals surface area (Å²) >= 11 is 0. The lowest BCUT2D eigenvalue weighted by atomic mass is 10.1. The molecule has 1 N–H and O–H groups in total. The van der Waals surface area contributed by atoms with E-state index in [-0.39, 0.29) is 12.1 Å². The zero-order chi connectivity index (χ0) is 16.0. The number of benzene rings is 1. The van der Waals surface area contributed by atoms with Crippen LogP contribution in [0.25, 0.3) is 0 Å². The standard InChI is InChI=1S/C16H25NO4/c1-11(2)21-13-8-7-12(9-14(13)19-5)10-17-16(3,4)15(18)20-6/h7-9,11,17H,10H2,1-6H3. The molecule has 21 heavy (non-hydrogen) atoms. The Kier molecular flexibility index (Phi) is 6.03. The lowest BCUT2D eigenvalue weighted by Crippen LogP contribution is -2.46. The third-order valence-electron chi connectivity index (χ3n) is 3.02. The molecule has 0 saturated heterocycles. The molecule has 0 spiro atoms. The van der Waals surface area contributed by atoms with Gasteiger partial charge in [0, 0.05) is 6.54 Å². The number of methoxy groups -OCH3 is 2. The zero-order valence-corrected chi connectivity index (χ0v) is 13.6. The molecule has 5 nitrogen and oxygen atoms in total. The van der Waals surface area contributed by atoms with Gasteiger partial charge in [-0.2, -0.15) is 0 Å². The summed E-state index contributed by atoms with van der Waals surface area (Å²) in [5.41, 5.74) is 0.259. The molecule has 0 heterocycles. The van der Waals surface area contributed by atoms with Gasteiger partial charge in [-0.1, -0.05) is 6.07 Å². The second-order valence-electron chi connectivity index (χ2n) is 5.62. The summed E-state index contributed by atoms with van der Waals surface area (Å²) in [7, 11) is 2.99. The Hall–Kier alpha value is -1.75. The van der Waals surface area contributed by atoms with Gasteiger partial charge in [0.15, 0.2) is 11.5 Å². The maximum Gasteiger partial charge on any atom is 0.325 e. The molecular formula is C16H25NO4. The summed E-state index contributed by atoms with van der Waals surface area (Å²) in [6, 6.07) is 5.72. The zero-order valence-electron chi connectivity index (χ0n) is 13.6. The van der Waals surface area contributed by atoms with E-state index in [1.807, 2.05) is 32.0 Å². The fraction of sp³-hybridized carbons (Fsp3) is 0.562. The molecule has 0 aliphatic heterocycles. The van der Waals surface area contributed by atoms with Crippen molar-refractivity contribution in [2.24, 2.45) is 0 Å². The van der Waals surface area contributed by atoms with Crippen LogP contribution in [0.3, 0.4) is 0 Å². The molecule has 118 valence electrons. The Morgan fingerprint density at radius 1 is 1.24 bits per heavy atom. The van der Waals surface area contributed by atoms with Gasteiger partial charge in [0.25, 0.3) is 0 Å². The lowest BCUT2D eigenvalue weighted by molar-refractivity contribution is -0.147. The first-order chi connectivity index (χ1) is 9.80. The number of carbonyl (C=O) groups excluding carboxylic acids is 1. The van der Waals surface area contributed by atoms with E-state index in [2.05, 4.69) is 5.32 Å². The van der Waals surface area contributed by atoms with Crippen LogP contribution in [-0.2, 0) is 16.1 Å². The highest BCUT2D eigenvalue weighted by molar-refractivity contribution is 5.79. The highest BCUT2D eigenvalue weighted by Crippen LogP contribution is 2.29. The van der Waals surface area contributed by atoms with E-state index in [1.165, 1.54) is 7.11 Å². The second-order valence-corrected chi connectivity index (χ2v) is 5.62. The number of rotatable bonds is 7. The minimum Gasteiger partial charge on any atom is -0.493 e. The molecule has 0 bridgehead atoms. The van der Waals surface area contributed by atoms with Crippen molar-refractivity contribution in [3.8, 4) is 11.5 Å². The molecule has 0 saturated carbocycles. The minimum absolute atomic E-state index is 0.0844. The van der Waals surface area contributed by atoms with E-state index in [4.69, 9.17) is 14.2 Å². The molecule has 0 amide bonds. The van der Waals surface area contributed by atoms with Gasteiger partial charge in [-0.05, 0) is 45.4 Å². The van der Waals surface area contributed by atoms with Crippen LogP contribution in [0.4, 0.5) is 0 Å². The molecule has 0 atom stereocenters. The summed E-state index contributed by atoms with van der Waals surface area (Å²) in [6.45, 7) is 8.03. The number of ether oxygens (including phenoxy) is 3. The van der Waals surface area contributed by atoms with Crippen LogP contribution in [0.15, 0.2) is 18.2 Å². The van der Waals surface area contributed by atoms with Crippen molar-refractivity contribution in [2.75, 3.05) is 14.2 Å². The Bertz CT molecular complexity index is 483. The maximum atomic E-state index is 11.6. The third-order valence-corrected chi connectivity index (χ3v) is 3.02. The van der Waals surface area contributed by atoms with E-state index in [1.54, 1.807) is 21.0 Å². The molecule has 0 aliphatic rings. The van der Waals surface area contributed by atoms with Crippen LogP contribution in [0, 0.1) is 0 Å². The normalized spacial score (nSPS) is 11.4. The fourth-order valence-corrected chi connectivity index (χ4v) is 1.82. The van der Waals surface area contributed by atoms with E-state index in [0.29, 0.717) is 18.0 Å². The van der Waals surface area contributed by atoms with Gasteiger partial charge in [-0.25, -0.2) is 0 Å². The molecule has 1 aromatic rings. The SMILES string of the molecule is COC(=O)C(C)(C)NCc1ccc(OC(C)C)c(OC)c1. The third kappa shape index (κ3) is 4.93. The van der Waals surface area contributed by atoms with Crippen LogP contribution >= 0.6 is 0 Å². The van der Waals surface area contributed by atoms with Gasteiger partial charge >= 0.3 is 5.97 Å². The minimum atomic E-state index is -0.741. The van der Waals surface area contributed by atoms with Crippen molar-refractivity contribution in [3.05, 3.63) is 23.8 Å². The fourth-order valence-electron chi connectivity index (χ4n) is 1.82. The number of hydrogen-bond donors (Lipinski definition) is 1. The van der Waals surface area contributed by atoms with Crippen molar-refractivity contribution in [1.82, 2.24) is 5.32 Å². The van der Waals surface area contributed by atoms with Crippen molar-refractivity contribution in [2.45, 2.75) is 45.9 Å². The first-order valence-corrected chi connectivity index (χ1v) is 6.97. The predicted molar refractivity (Wildman–Crippen MR) is 81.7 cm³/mol. The van der Waals surface area contributed by atoms with E-state index in [0.717, 1.165) is 5.56 Å².